The smallest absolute Gasteiger partial charge is 0.251 e. The predicted octanol–water partition coefficient (Wildman–Crippen LogP) is 3.17. The van der Waals surface area contributed by atoms with Gasteiger partial charge in [-0.3, -0.25) is 20.4 Å². The molecule has 0 aliphatic heterocycles. The third kappa shape index (κ3) is 2.56. The molecule has 1 fully saturated rings. The molecule has 2 bridgehead atoms. The van der Waals surface area contributed by atoms with Gasteiger partial charge < -0.3 is 0 Å². The molecule has 152 valence electrons. The summed E-state index contributed by atoms with van der Waals surface area (Å²) in [5, 5.41) is 0. The topological polar surface area (TPSA) is 84.0 Å². The lowest BCUT2D eigenvalue weighted by atomic mass is 9.68. The number of amides is 2. The van der Waals surface area contributed by atoms with Crippen LogP contribution in [0.3, 0.4) is 0 Å². The molecule has 2 aliphatic rings. The molecule has 1 heterocycles. The van der Waals surface area contributed by atoms with Crippen LogP contribution in [0.15, 0.2) is 54.6 Å². The molecule has 5 rings (SSSR count). The van der Waals surface area contributed by atoms with Gasteiger partial charge in [-0.05, 0) is 36.0 Å². The largest absolute Gasteiger partial charge is 0.273 e. The number of rotatable bonds is 3. The van der Waals surface area contributed by atoms with Crippen LogP contribution in [0.5, 0.6) is 0 Å². The number of nitrogens with zero attached hydrogens (tertiary/aromatic N) is 2. The van der Waals surface area contributed by atoms with E-state index in [0.717, 1.165) is 34.4 Å². The van der Waals surface area contributed by atoms with Crippen molar-refractivity contribution >= 4 is 22.8 Å². The van der Waals surface area contributed by atoms with E-state index in [1.54, 1.807) is 0 Å². The minimum absolute atomic E-state index is 0.176. The van der Waals surface area contributed by atoms with E-state index in [-0.39, 0.29) is 29.6 Å². The van der Waals surface area contributed by atoms with Crippen molar-refractivity contribution in [2.45, 2.75) is 44.4 Å². The van der Waals surface area contributed by atoms with Gasteiger partial charge in [-0.2, -0.15) is 0 Å². The zero-order valence-corrected chi connectivity index (χ0v) is 17.1. The van der Waals surface area contributed by atoms with Crippen LogP contribution in [-0.4, -0.2) is 21.8 Å². The van der Waals surface area contributed by atoms with E-state index in [1.807, 2.05) is 54.6 Å². The monoisotopic (exact) mass is 400 g/mol. The van der Waals surface area contributed by atoms with E-state index in [4.69, 9.17) is 9.97 Å². The lowest BCUT2D eigenvalue weighted by molar-refractivity contribution is -0.134. The van der Waals surface area contributed by atoms with E-state index < -0.39 is 5.41 Å². The maximum absolute atomic E-state index is 13.5. The summed E-state index contributed by atoms with van der Waals surface area (Å²) in [7, 11) is 0. The first-order valence-electron chi connectivity index (χ1n) is 10.3. The number of benzene rings is 2. The van der Waals surface area contributed by atoms with Gasteiger partial charge in [-0.15, -0.1) is 0 Å². The third-order valence-corrected chi connectivity index (χ3v) is 7.02. The molecule has 2 aromatic carbocycles. The molecule has 2 unspecified atom stereocenters. The molecule has 6 nitrogen and oxygen atoms in total. The highest BCUT2D eigenvalue weighted by molar-refractivity contribution is 5.93. The van der Waals surface area contributed by atoms with Crippen LogP contribution in [0.1, 0.15) is 49.6 Å². The minimum atomic E-state index is -0.802. The number of hydrogen-bond acceptors (Lipinski definition) is 4. The highest BCUT2D eigenvalue weighted by Crippen LogP contribution is 2.67. The van der Waals surface area contributed by atoms with E-state index in [1.165, 1.54) is 0 Å². The molecular formula is C24H24N4O2. The summed E-state index contributed by atoms with van der Waals surface area (Å²) in [5.74, 6) is -0.281. The van der Waals surface area contributed by atoms with Gasteiger partial charge in [0.1, 0.15) is 5.41 Å². The van der Waals surface area contributed by atoms with Crippen molar-refractivity contribution in [1.29, 1.82) is 0 Å². The Morgan fingerprint density at radius 2 is 1.63 bits per heavy atom. The van der Waals surface area contributed by atoms with Crippen molar-refractivity contribution in [3.05, 3.63) is 71.5 Å². The molecule has 1 aromatic heterocycles. The molecule has 0 saturated heterocycles. The fourth-order valence-electron chi connectivity index (χ4n) is 5.39. The Morgan fingerprint density at radius 3 is 2.37 bits per heavy atom. The Kier molecular flexibility index (Phi) is 4.13. The quantitative estimate of drug-likeness (QED) is 0.662. The van der Waals surface area contributed by atoms with Gasteiger partial charge in [0.2, 0.25) is 5.91 Å². The van der Waals surface area contributed by atoms with Crippen LogP contribution >= 0.6 is 0 Å². The third-order valence-electron chi connectivity index (χ3n) is 7.02. The maximum Gasteiger partial charge on any atom is 0.251 e. The molecule has 2 atom stereocenters. The molecule has 6 heteroatoms. The van der Waals surface area contributed by atoms with E-state index in [0.29, 0.717) is 6.42 Å². The zero-order chi connectivity index (χ0) is 20.9. The summed E-state index contributed by atoms with van der Waals surface area (Å²) in [5.41, 5.74) is 8.40. The van der Waals surface area contributed by atoms with Gasteiger partial charge in [0.25, 0.3) is 5.91 Å². The zero-order valence-electron chi connectivity index (χ0n) is 17.1. The first-order valence-corrected chi connectivity index (χ1v) is 10.3. The molecule has 2 aliphatic carbocycles. The van der Waals surface area contributed by atoms with Gasteiger partial charge in [0.05, 0.1) is 28.8 Å². The van der Waals surface area contributed by atoms with Crippen LogP contribution in [0.2, 0.25) is 0 Å². The average Bonchev–Trinajstić information content (AvgIpc) is 3.12. The van der Waals surface area contributed by atoms with Crippen LogP contribution < -0.4 is 10.9 Å². The average molecular weight is 400 g/mol. The predicted molar refractivity (Wildman–Crippen MR) is 113 cm³/mol. The fourth-order valence-corrected chi connectivity index (χ4v) is 5.39. The second-order valence-electron chi connectivity index (χ2n) is 8.83. The fraction of sp³-hybridized carbons (Fsp3) is 0.333. The first-order chi connectivity index (χ1) is 14.4. The highest BCUT2D eigenvalue weighted by Gasteiger charge is 2.68. The van der Waals surface area contributed by atoms with Gasteiger partial charge in [0, 0.05) is 5.92 Å². The number of para-hydroxylation sites is 2. The van der Waals surface area contributed by atoms with Crippen LogP contribution in [-0.2, 0) is 21.4 Å². The summed E-state index contributed by atoms with van der Waals surface area (Å²) in [6.45, 7) is 4.23. The Balaban J connectivity index is 1.44. The minimum Gasteiger partial charge on any atom is -0.273 e. The van der Waals surface area contributed by atoms with Crippen molar-refractivity contribution in [1.82, 2.24) is 20.8 Å². The number of fused-ring (bicyclic) bond motifs is 6. The molecular weight excluding hydrogens is 376 g/mol. The van der Waals surface area contributed by atoms with Gasteiger partial charge in [-0.25, -0.2) is 9.97 Å². The second kappa shape index (κ2) is 6.62. The summed E-state index contributed by atoms with van der Waals surface area (Å²) >= 11 is 0. The van der Waals surface area contributed by atoms with Gasteiger partial charge in [-0.1, -0.05) is 56.3 Å². The normalized spacial score (nSPS) is 23.2. The van der Waals surface area contributed by atoms with Crippen molar-refractivity contribution in [2.24, 2.45) is 5.41 Å². The molecule has 2 amide bonds. The molecule has 0 spiro atoms. The van der Waals surface area contributed by atoms with Crippen molar-refractivity contribution in [3.8, 4) is 0 Å². The highest BCUT2D eigenvalue weighted by atomic mass is 16.2. The summed E-state index contributed by atoms with van der Waals surface area (Å²) in [6.07, 6.45) is 1.80. The van der Waals surface area contributed by atoms with Crippen LogP contribution in [0.4, 0.5) is 0 Å². The van der Waals surface area contributed by atoms with Crippen molar-refractivity contribution in [3.63, 3.8) is 0 Å². The summed E-state index contributed by atoms with van der Waals surface area (Å²) < 4.78 is 0. The van der Waals surface area contributed by atoms with Crippen LogP contribution in [0.25, 0.3) is 11.0 Å². The van der Waals surface area contributed by atoms with Gasteiger partial charge in [0.15, 0.2) is 0 Å². The Labute approximate surface area is 175 Å². The molecule has 1 saturated carbocycles. The number of carbonyl (C=O) groups is 2. The second-order valence-corrected chi connectivity index (χ2v) is 8.83. The molecule has 0 radical (unpaired) electrons. The molecule has 2 N–H and O–H groups in total. The van der Waals surface area contributed by atoms with Crippen molar-refractivity contribution < 1.29 is 9.59 Å². The number of carbonyl (C=O) groups excluding carboxylic acids is 2. The Hall–Kier alpha value is -3.28. The number of aromatic nitrogens is 2. The van der Waals surface area contributed by atoms with E-state index in [9.17, 15) is 9.59 Å². The van der Waals surface area contributed by atoms with E-state index in [2.05, 4.69) is 24.7 Å². The lowest BCUT2D eigenvalue weighted by Crippen LogP contribution is -2.55. The Bertz CT molecular complexity index is 1160. The first kappa shape index (κ1) is 18.7. The Morgan fingerprint density at radius 1 is 0.967 bits per heavy atom. The van der Waals surface area contributed by atoms with Crippen molar-refractivity contribution in [2.75, 3.05) is 0 Å². The molecule has 3 aromatic rings. The standard InChI is InChI=1S/C24H24N4O2/c1-23(2)16-12-13-24(23,21-20(16)25-17-10-6-7-11-18(17)26-21)22(30)28-27-19(29)14-15-8-4-3-5-9-15/h3-11,16H,12-14H2,1-2H3,(H,27,29)(H,28,30). The van der Waals surface area contributed by atoms with Gasteiger partial charge >= 0.3 is 0 Å². The van der Waals surface area contributed by atoms with E-state index >= 15 is 0 Å². The number of nitrogens with one attached hydrogen (secondary N) is 2. The number of hydrogen-bond donors (Lipinski definition) is 2. The van der Waals surface area contributed by atoms with Crippen LogP contribution in [0, 0.1) is 5.41 Å². The summed E-state index contributed by atoms with van der Waals surface area (Å²) in [4.78, 5) is 35.6. The molecule has 30 heavy (non-hydrogen) atoms. The maximum atomic E-state index is 13.5. The summed E-state index contributed by atoms with van der Waals surface area (Å²) in [6, 6.07) is 17.2. The lowest BCUT2D eigenvalue weighted by Gasteiger charge is -2.36. The SMILES string of the molecule is CC1(C)C2CCC1(C(=O)NNC(=O)Cc1ccccc1)c1nc3ccccc3nc12. The number of hydrazine groups is 1.